The SMILES string of the molecule is [2H]C(CC)C([2H])([2H])C([2H])([2H])C=O. The molecule has 0 heterocycles. The topological polar surface area (TPSA) is 17.1 Å². The first kappa shape index (κ1) is 1.88. The zero-order chi connectivity index (χ0) is 9.99. The molecule has 0 bridgehead atoms. The van der Waals surface area contributed by atoms with E-state index in [0.29, 0.717) is 0 Å². The van der Waals surface area contributed by atoms with Crippen molar-refractivity contribution >= 4 is 6.29 Å². The van der Waals surface area contributed by atoms with Crippen LogP contribution in [0.2, 0.25) is 0 Å². The zero-order valence-electron chi connectivity index (χ0n) is 9.27. The molecule has 0 aromatic rings. The summed E-state index contributed by atoms with van der Waals surface area (Å²) in [6, 6.07) is 0. The van der Waals surface area contributed by atoms with Crippen LogP contribution in [0, 0.1) is 0 Å². The summed E-state index contributed by atoms with van der Waals surface area (Å²) >= 11 is 0. The number of aldehydes is 1. The molecule has 0 aromatic heterocycles. The molecule has 0 N–H and O–H groups in total. The lowest BCUT2D eigenvalue weighted by atomic mass is 10.2. The Morgan fingerprint density at radius 3 is 3.00 bits per heavy atom. The van der Waals surface area contributed by atoms with Gasteiger partial charge in [-0.15, -0.1) is 0 Å². The molecular weight excluding hydrogens is 88.1 g/mol. The Labute approximate surface area is 51.8 Å². The molecule has 0 aliphatic rings. The maximum atomic E-state index is 10.2. The minimum absolute atomic E-state index is 0.0792. The van der Waals surface area contributed by atoms with E-state index in [-0.39, 0.29) is 12.7 Å². The molecule has 1 unspecified atom stereocenters. The normalized spacial score (nSPS) is 27.9. The Morgan fingerprint density at radius 2 is 2.57 bits per heavy atom. The van der Waals surface area contributed by atoms with Gasteiger partial charge in [0.25, 0.3) is 0 Å². The van der Waals surface area contributed by atoms with Gasteiger partial charge < -0.3 is 4.79 Å². The molecule has 1 atom stereocenters. The molecule has 42 valence electrons. The minimum atomic E-state index is -2.57. The summed E-state index contributed by atoms with van der Waals surface area (Å²) < 4.78 is 35.7. The molecule has 1 nitrogen and oxygen atoms in total. The number of hydrogen-bond acceptors (Lipinski definition) is 1. The monoisotopic (exact) mass is 105 g/mol. The molecule has 0 saturated carbocycles. The lowest BCUT2D eigenvalue weighted by molar-refractivity contribution is -0.107. The fourth-order valence-corrected chi connectivity index (χ4v) is 0.195. The van der Waals surface area contributed by atoms with Gasteiger partial charge in [-0.1, -0.05) is 19.7 Å². The van der Waals surface area contributed by atoms with Crippen molar-refractivity contribution in [1.82, 2.24) is 0 Å². The number of rotatable bonds is 4. The summed E-state index contributed by atoms with van der Waals surface area (Å²) in [7, 11) is 0. The summed E-state index contributed by atoms with van der Waals surface area (Å²) in [5.74, 6) is 0. The molecule has 1 heteroatoms. The van der Waals surface area contributed by atoms with Gasteiger partial charge in [0.05, 0.1) is 0 Å². The molecule has 0 aliphatic carbocycles. The van der Waals surface area contributed by atoms with Gasteiger partial charge in [0.15, 0.2) is 0 Å². The maximum absolute atomic E-state index is 10.2. The second-order valence-electron chi connectivity index (χ2n) is 1.02. The van der Waals surface area contributed by atoms with Crippen molar-refractivity contribution in [1.29, 1.82) is 0 Å². The minimum Gasteiger partial charge on any atom is -0.303 e. The third-order valence-corrected chi connectivity index (χ3v) is 0.448. The Hall–Kier alpha value is -0.330. The highest BCUT2D eigenvalue weighted by atomic mass is 16.1. The van der Waals surface area contributed by atoms with Crippen LogP contribution in [0.25, 0.3) is 0 Å². The van der Waals surface area contributed by atoms with Crippen molar-refractivity contribution in [2.75, 3.05) is 0 Å². The molecule has 0 saturated heterocycles. The number of carbonyl (C=O) groups excluding carboxylic acids is 1. The molecular formula is C6H12O. The van der Waals surface area contributed by atoms with Gasteiger partial charge in [-0.05, 0) is 6.37 Å². The molecule has 0 fully saturated rings. The Morgan fingerprint density at radius 1 is 1.86 bits per heavy atom. The maximum Gasteiger partial charge on any atom is 0.119 e. The van der Waals surface area contributed by atoms with E-state index in [1.807, 2.05) is 0 Å². The summed E-state index contributed by atoms with van der Waals surface area (Å²) in [6.45, 7) is 1.58. The second kappa shape index (κ2) is 5.67. The quantitative estimate of drug-likeness (QED) is 0.498. The first-order valence-corrected chi connectivity index (χ1v) is 2.18. The third-order valence-electron chi connectivity index (χ3n) is 0.448. The smallest absolute Gasteiger partial charge is 0.119 e. The van der Waals surface area contributed by atoms with Crippen LogP contribution in [0.5, 0.6) is 0 Å². The second-order valence-corrected chi connectivity index (χ2v) is 1.02. The van der Waals surface area contributed by atoms with E-state index < -0.39 is 19.1 Å². The molecule has 0 amide bonds. The lowest BCUT2D eigenvalue weighted by Crippen LogP contribution is -1.73. The van der Waals surface area contributed by atoms with Crippen LogP contribution in [0.15, 0.2) is 0 Å². The van der Waals surface area contributed by atoms with Gasteiger partial charge in [0, 0.05) is 13.2 Å². The van der Waals surface area contributed by atoms with Gasteiger partial charge in [0.2, 0.25) is 0 Å². The number of hydrogen-bond donors (Lipinski definition) is 0. The van der Waals surface area contributed by atoms with Crippen LogP contribution in [0.3, 0.4) is 0 Å². The van der Waals surface area contributed by atoms with E-state index >= 15 is 0 Å². The first-order valence-electron chi connectivity index (χ1n) is 4.76. The third kappa shape index (κ3) is 5.67. The fraction of sp³-hybridized carbons (Fsp3) is 0.833. The van der Waals surface area contributed by atoms with Crippen molar-refractivity contribution in [2.24, 2.45) is 0 Å². The van der Waals surface area contributed by atoms with Gasteiger partial charge in [0.1, 0.15) is 6.29 Å². The van der Waals surface area contributed by atoms with E-state index in [0.717, 1.165) is 0 Å². The van der Waals surface area contributed by atoms with Gasteiger partial charge in [-0.3, -0.25) is 0 Å². The van der Waals surface area contributed by atoms with Crippen LogP contribution in [0.4, 0.5) is 0 Å². The van der Waals surface area contributed by atoms with E-state index in [1.54, 1.807) is 6.92 Å². The van der Waals surface area contributed by atoms with Crippen molar-refractivity contribution in [3.05, 3.63) is 0 Å². The van der Waals surface area contributed by atoms with Crippen molar-refractivity contribution in [2.45, 2.75) is 32.5 Å². The summed E-state index contributed by atoms with van der Waals surface area (Å²) in [4.78, 5) is 10.2. The lowest BCUT2D eigenvalue weighted by Gasteiger charge is -1.85. The van der Waals surface area contributed by atoms with Gasteiger partial charge in [-0.25, -0.2) is 0 Å². The van der Waals surface area contributed by atoms with Crippen LogP contribution >= 0.6 is 0 Å². The van der Waals surface area contributed by atoms with E-state index in [2.05, 4.69) is 0 Å². The van der Waals surface area contributed by atoms with Crippen LogP contribution < -0.4 is 0 Å². The summed E-state index contributed by atoms with van der Waals surface area (Å²) in [5, 5.41) is 0. The predicted octanol–water partition coefficient (Wildman–Crippen LogP) is 1.77. The Balaban J connectivity index is 4.70. The van der Waals surface area contributed by atoms with Crippen molar-refractivity contribution in [3.8, 4) is 0 Å². The molecule has 7 heavy (non-hydrogen) atoms. The highest BCUT2D eigenvalue weighted by Crippen LogP contribution is 1.94. The van der Waals surface area contributed by atoms with Crippen molar-refractivity contribution < 1.29 is 11.6 Å². The predicted molar refractivity (Wildman–Crippen MR) is 30.2 cm³/mol. The average Bonchev–Trinajstić information content (AvgIpc) is 2.02. The fourth-order valence-electron chi connectivity index (χ4n) is 0.195. The highest BCUT2D eigenvalue weighted by Gasteiger charge is 1.80. The van der Waals surface area contributed by atoms with Gasteiger partial charge >= 0.3 is 0 Å². The standard InChI is InChI=1S/C6H12O/c1-2-3-4-5-6-7/h6H,2-5H2,1H3/i3D,4D2,5D2. The Kier molecular flexibility index (Phi) is 1.53. The zero-order valence-corrected chi connectivity index (χ0v) is 4.27. The molecule has 0 spiro atoms. The van der Waals surface area contributed by atoms with E-state index in [9.17, 15) is 4.79 Å². The molecule has 0 radical (unpaired) electrons. The molecule has 0 rings (SSSR count). The first-order chi connectivity index (χ1) is 5.29. The van der Waals surface area contributed by atoms with Crippen LogP contribution in [-0.4, -0.2) is 6.29 Å². The Bertz CT molecular complexity index is 167. The molecule has 0 aliphatic heterocycles. The van der Waals surface area contributed by atoms with Crippen molar-refractivity contribution in [3.63, 3.8) is 0 Å². The largest absolute Gasteiger partial charge is 0.303 e. The van der Waals surface area contributed by atoms with Crippen LogP contribution in [-0.2, 0) is 4.79 Å². The highest BCUT2D eigenvalue weighted by molar-refractivity contribution is 5.48. The van der Waals surface area contributed by atoms with Gasteiger partial charge in [-0.2, -0.15) is 0 Å². The average molecular weight is 105 g/mol. The summed E-state index contributed by atoms with van der Waals surface area (Å²) in [5.41, 5.74) is 0. The van der Waals surface area contributed by atoms with Crippen LogP contribution in [0.1, 0.15) is 39.3 Å². The number of carbonyl (C=O) groups is 1. The molecule has 0 aromatic carbocycles. The summed E-state index contributed by atoms with van der Waals surface area (Å²) in [6.07, 6.45) is -6.10. The van der Waals surface area contributed by atoms with E-state index in [1.165, 1.54) is 0 Å². The van der Waals surface area contributed by atoms with E-state index in [4.69, 9.17) is 6.85 Å².